The Morgan fingerprint density at radius 2 is 1.95 bits per heavy atom. The highest BCUT2D eigenvalue weighted by Gasteiger charge is 2.31. The molecule has 0 amide bonds. The third-order valence-corrected chi connectivity index (χ3v) is 2.83. The van der Waals surface area contributed by atoms with Crippen LogP contribution in [0.4, 0.5) is 23.4 Å². The van der Waals surface area contributed by atoms with Gasteiger partial charge >= 0.3 is 12.3 Å². The van der Waals surface area contributed by atoms with Gasteiger partial charge in [0, 0.05) is 12.7 Å². The summed E-state index contributed by atoms with van der Waals surface area (Å²) in [5, 5.41) is 2.79. The summed E-state index contributed by atoms with van der Waals surface area (Å²) in [7, 11) is 0. The third-order valence-electron chi connectivity index (χ3n) is 2.83. The van der Waals surface area contributed by atoms with Gasteiger partial charge < -0.3 is 10.3 Å². The predicted molar refractivity (Wildman–Crippen MR) is 68.2 cm³/mol. The Morgan fingerprint density at radius 3 is 2.64 bits per heavy atom. The third kappa shape index (κ3) is 2.80. The van der Waals surface area contributed by atoms with Gasteiger partial charge in [-0.25, -0.2) is 4.98 Å². The second-order valence-corrected chi connectivity index (χ2v) is 4.34. The van der Waals surface area contributed by atoms with E-state index in [4.69, 9.17) is 0 Å². The Morgan fingerprint density at radius 1 is 1.14 bits per heavy atom. The van der Waals surface area contributed by atoms with E-state index in [0.29, 0.717) is 11.1 Å². The lowest BCUT2D eigenvalue weighted by molar-refractivity contribution is -0.141. The highest BCUT2D eigenvalue weighted by atomic mass is 19.4. The normalized spacial score (nSPS) is 11.8. The summed E-state index contributed by atoms with van der Waals surface area (Å²) in [5.74, 6) is 0.142. The number of nitrogens with one attached hydrogen (secondary N) is 2. The van der Waals surface area contributed by atoms with Gasteiger partial charge in [0.25, 0.3) is 0 Å². The van der Waals surface area contributed by atoms with Gasteiger partial charge in [-0.3, -0.25) is 4.98 Å². The van der Waals surface area contributed by atoms with Crippen LogP contribution < -0.4 is 5.32 Å². The SMILES string of the molecule is Fc1nc(NCc2ccc(C(F)(F)F)nc2)c2nc[nH]c2n1. The fourth-order valence-electron chi connectivity index (χ4n) is 1.81. The molecule has 0 unspecified atom stereocenters. The summed E-state index contributed by atoms with van der Waals surface area (Å²) in [6.07, 6.45) is -2.99. The van der Waals surface area contributed by atoms with E-state index in [0.717, 1.165) is 12.3 Å². The summed E-state index contributed by atoms with van der Waals surface area (Å²) in [6, 6.07) is 2.16. The number of nitrogens with zero attached hydrogens (tertiary/aromatic N) is 4. The lowest BCUT2D eigenvalue weighted by Crippen LogP contribution is -2.09. The molecule has 0 aliphatic carbocycles. The smallest absolute Gasteiger partial charge is 0.364 e. The zero-order valence-electron chi connectivity index (χ0n) is 10.8. The number of hydrogen-bond acceptors (Lipinski definition) is 5. The van der Waals surface area contributed by atoms with E-state index < -0.39 is 17.9 Å². The van der Waals surface area contributed by atoms with Crippen LogP contribution in [0.2, 0.25) is 0 Å². The average molecular weight is 312 g/mol. The summed E-state index contributed by atoms with van der Waals surface area (Å²) in [5.41, 5.74) is 0.0662. The highest BCUT2D eigenvalue weighted by molar-refractivity contribution is 5.81. The van der Waals surface area contributed by atoms with Crippen molar-refractivity contribution >= 4 is 17.0 Å². The molecule has 10 heteroatoms. The van der Waals surface area contributed by atoms with Crippen LogP contribution in [-0.4, -0.2) is 24.9 Å². The van der Waals surface area contributed by atoms with Gasteiger partial charge in [0.05, 0.1) is 6.33 Å². The molecule has 22 heavy (non-hydrogen) atoms. The summed E-state index contributed by atoms with van der Waals surface area (Å²) in [6.45, 7) is 0.115. The van der Waals surface area contributed by atoms with Crippen LogP contribution in [0.25, 0.3) is 11.2 Å². The fourth-order valence-corrected chi connectivity index (χ4v) is 1.81. The van der Waals surface area contributed by atoms with Crippen LogP contribution >= 0.6 is 0 Å². The van der Waals surface area contributed by atoms with Gasteiger partial charge in [-0.05, 0) is 11.6 Å². The highest BCUT2D eigenvalue weighted by Crippen LogP contribution is 2.27. The molecule has 0 saturated carbocycles. The minimum atomic E-state index is -4.48. The van der Waals surface area contributed by atoms with Gasteiger partial charge in [0.15, 0.2) is 11.5 Å². The number of anilines is 1. The van der Waals surface area contributed by atoms with Crippen LogP contribution in [0.15, 0.2) is 24.7 Å². The first-order valence-electron chi connectivity index (χ1n) is 6.06. The van der Waals surface area contributed by atoms with Crippen LogP contribution in [0, 0.1) is 6.08 Å². The number of rotatable bonds is 3. The van der Waals surface area contributed by atoms with Crippen molar-refractivity contribution in [1.82, 2.24) is 24.9 Å². The van der Waals surface area contributed by atoms with Crippen molar-refractivity contribution in [1.29, 1.82) is 0 Å². The molecular formula is C12H8F4N6. The number of hydrogen-bond donors (Lipinski definition) is 2. The summed E-state index contributed by atoms with van der Waals surface area (Å²) in [4.78, 5) is 17.0. The molecule has 2 N–H and O–H groups in total. The van der Waals surface area contributed by atoms with Gasteiger partial charge in [0.2, 0.25) is 0 Å². The molecule has 0 saturated heterocycles. The molecular weight excluding hydrogens is 304 g/mol. The number of pyridine rings is 1. The molecule has 6 nitrogen and oxygen atoms in total. The van der Waals surface area contributed by atoms with Crippen LogP contribution in [-0.2, 0) is 12.7 Å². The zero-order chi connectivity index (χ0) is 15.7. The monoisotopic (exact) mass is 312 g/mol. The Labute approximate surface area is 120 Å². The molecule has 3 aromatic rings. The molecule has 0 fully saturated rings. The number of imidazole rings is 1. The number of aromatic amines is 1. The van der Waals surface area contributed by atoms with Crippen molar-refractivity contribution in [3.05, 3.63) is 42.0 Å². The van der Waals surface area contributed by atoms with Gasteiger partial charge in [-0.1, -0.05) is 6.07 Å². The minimum absolute atomic E-state index is 0.115. The second-order valence-electron chi connectivity index (χ2n) is 4.34. The largest absolute Gasteiger partial charge is 0.433 e. The first-order chi connectivity index (χ1) is 10.4. The zero-order valence-corrected chi connectivity index (χ0v) is 10.8. The molecule has 114 valence electrons. The fraction of sp³-hybridized carbons (Fsp3) is 0.167. The Balaban J connectivity index is 1.78. The molecule has 3 rings (SSSR count). The summed E-state index contributed by atoms with van der Waals surface area (Å²) >= 11 is 0. The minimum Gasteiger partial charge on any atom is -0.364 e. The quantitative estimate of drug-likeness (QED) is 0.574. The van der Waals surface area contributed by atoms with E-state index in [2.05, 4.69) is 30.2 Å². The Kier molecular flexibility index (Phi) is 3.35. The van der Waals surface area contributed by atoms with Crippen molar-refractivity contribution in [2.24, 2.45) is 0 Å². The number of alkyl halides is 3. The van der Waals surface area contributed by atoms with E-state index >= 15 is 0 Å². The van der Waals surface area contributed by atoms with Crippen molar-refractivity contribution in [3.8, 4) is 0 Å². The molecule has 0 aliphatic heterocycles. The van der Waals surface area contributed by atoms with E-state index in [-0.39, 0.29) is 18.0 Å². The van der Waals surface area contributed by atoms with Crippen molar-refractivity contribution < 1.29 is 17.6 Å². The molecule has 0 bridgehead atoms. The predicted octanol–water partition coefficient (Wildman–Crippen LogP) is 2.52. The van der Waals surface area contributed by atoms with E-state index in [1.165, 1.54) is 12.4 Å². The molecule has 3 aromatic heterocycles. The maximum absolute atomic E-state index is 13.2. The standard InChI is InChI=1S/C12H8F4N6/c13-11-21-9(8-10(22-11)20-5-19-8)18-4-6-1-2-7(17-3-6)12(14,15)16/h1-3,5H,4H2,(H2,18,19,20,21,22). The number of halogens is 4. The first kappa shape index (κ1) is 14.2. The molecule has 0 spiro atoms. The summed E-state index contributed by atoms with van der Waals surface area (Å²) < 4.78 is 50.5. The van der Waals surface area contributed by atoms with Gasteiger partial charge in [0.1, 0.15) is 11.2 Å². The molecule has 0 aromatic carbocycles. The lowest BCUT2D eigenvalue weighted by atomic mass is 10.2. The van der Waals surface area contributed by atoms with E-state index in [9.17, 15) is 17.6 Å². The first-order valence-corrected chi connectivity index (χ1v) is 6.06. The maximum Gasteiger partial charge on any atom is 0.433 e. The van der Waals surface area contributed by atoms with Crippen LogP contribution in [0.5, 0.6) is 0 Å². The molecule has 0 radical (unpaired) electrons. The topological polar surface area (TPSA) is 79.4 Å². The van der Waals surface area contributed by atoms with Crippen molar-refractivity contribution in [2.75, 3.05) is 5.32 Å². The number of H-pyrrole nitrogens is 1. The van der Waals surface area contributed by atoms with E-state index in [1.807, 2.05) is 0 Å². The van der Waals surface area contributed by atoms with Crippen LogP contribution in [0.3, 0.4) is 0 Å². The van der Waals surface area contributed by atoms with Gasteiger partial charge in [-0.2, -0.15) is 27.5 Å². The number of fused-ring (bicyclic) bond motifs is 1. The molecule has 3 heterocycles. The van der Waals surface area contributed by atoms with Crippen LogP contribution in [0.1, 0.15) is 11.3 Å². The molecule has 0 atom stereocenters. The second kappa shape index (κ2) is 5.20. The van der Waals surface area contributed by atoms with Gasteiger partial charge in [-0.15, -0.1) is 0 Å². The Bertz CT molecular complexity index is 795. The number of aromatic nitrogens is 5. The lowest BCUT2D eigenvalue weighted by Gasteiger charge is -2.08. The maximum atomic E-state index is 13.2. The van der Waals surface area contributed by atoms with Crippen molar-refractivity contribution in [3.63, 3.8) is 0 Å². The molecule has 0 aliphatic rings. The average Bonchev–Trinajstić information content (AvgIpc) is 2.92. The Hall–Kier alpha value is -2.78. The van der Waals surface area contributed by atoms with E-state index in [1.54, 1.807) is 0 Å². The van der Waals surface area contributed by atoms with Crippen molar-refractivity contribution in [2.45, 2.75) is 12.7 Å².